The van der Waals surface area contributed by atoms with Gasteiger partial charge in [-0.1, -0.05) is 17.7 Å². The highest BCUT2D eigenvalue weighted by Crippen LogP contribution is 2.27. The summed E-state index contributed by atoms with van der Waals surface area (Å²) in [5.74, 6) is 0.561. The zero-order valence-electron chi connectivity index (χ0n) is 11.0. The monoisotopic (exact) mass is 248 g/mol. The molecule has 98 valence electrons. The largest absolute Gasteiger partial charge is 0.426 e. The van der Waals surface area contributed by atoms with Crippen LogP contribution in [-0.2, 0) is 9.53 Å². The van der Waals surface area contributed by atoms with Gasteiger partial charge < -0.3 is 9.47 Å². The van der Waals surface area contributed by atoms with Crippen molar-refractivity contribution in [1.82, 2.24) is 0 Å². The van der Waals surface area contributed by atoms with Crippen molar-refractivity contribution in [2.45, 2.75) is 38.7 Å². The molecule has 3 heteroatoms. The summed E-state index contributed by atoms with van der Waals surface area (Å²) in [5.41, 5.74) is 1.16. The number of carbonyl (C=O) groups is 1. The van der Waals surface area contributed by atoms with Crippen molar-refractivity contribution in [3.05, 3.63) is 29.8 Å². The van der Waals surface area contributed by atoms with Crippen LogP contribution in [0.2, 0.25) is 0 Å². The average Bonchev–Trinajstić information content (AvgIpc) is 2.41. The minimum atomic E-state index is -0.103. The SMILES string of the molecule is COC1CCC(C(=O)Oc2ccc(C)cc2)CC1. The van der Waals surface area contributed by atoms with Gasteiger partial charge >= 0.3 is 5.97 Å². The summed E-state index contributed by atoms with van der Waals surface area (Å²) in [6.07, 6.45) is 3.94. The molecule has 0 atom stereocenters. The Kier molecular flexibility index (Phi) is 4.37. The zero-order valence-corrected chi connectivity index (χ0v) is 11.0. The number of hydrogen-bond acceptors (Lipinski definition) is 3. The van der Waals surface area contributed by atoms with Gasteiger partial charge in [-0.05, 0) is 44.7 Å². The molecule has 1 aromatic carbocycles. The molecule has 0 aromatic heterocycles. The molecule has 0 N–H and O–H groups in total. The molecule has 1 aliphatic carbocycles. The van der Waals surface area contributed by atoms with E-state index in [4.69, 9.17) is 9.47 Å². The molecule has 1 aliphatic rings. The lowest BCUT2D eigenvalue weighted by atomic mass is 9.87. The molecule has 0 spiro atoms. The summed E-state index contributed by atoms with van der Waals surface area (Å²) in [5, 5.41) is 0. The Labute approximate surface area is 108 Å². The van der Waals surface area contributed by atoms with E-state index in [1.807, 2.05) is 31.2 Å². The van der Waals surface area contributed by atoms with E-state index in [1.165, 1.54) is 0 Å². The molecule has 2 rings (SSSR count). The maximum Gasteiger partial charge on any atom is 0.314 e. The second kappa shape index (κ2) is 6.01. The smallest absolute Gasteiger partial charge is 0.314 e. The topological polar surface area (TPSA) is 35.5 Å². The highest BCUT2D eigenvalue weighted by atomic mass is 16.5. The number of rotatable bonds is 3. The molecule has 0 radical (unpaired) electrons. The lowest BCUT2D eigenvalue weighted by Gasteiger charge is -2.26. The number of esters is 1. The molecule has 0 unspecified atom stereocenters. The Balaban J connectivity index is 1.87. The normalized spacial score (nSPS) is 23.7. The summed E-state index contributed by atoms with van der Waals surface area (Å²) in [6.45, 7) is 2.01. The number of methoxy groups -OCH3 is 1. The number of hydrogen-bond donors (Lipinski definition) is 0. The fourth-order valence-corrected chi connectivity index (χ4v) is 2.34. The minimum Gasteiger partial charge on any atom is -0.426 e. The number of aryl methyl sites for hydroxylation is 1. The van der Waals surface area contributed by atoms with Gasteiger partial charge in [-0.3, -0.25) is 4.79 Å². The molecule has 1 aromatic rings. The maximum atomic E-state index is 12.0. The van der Waals surface area contributed by atoms with Crippen LogP contribution in [0.25, 0.3) is 0 Å². The van der Waals surface area contributed by atoms with Gasteiger partial charge in [0.1, 0.15) is 5.75 Å². The van der Waals surface area contributed by atoms with Crippen LogP contribution >= 0.6 is 0 Å². The molecule has 0 aliphatic heterocycles. The average molecular weight is 248 g/mol. The Bertz CT molecular complexity index is 389. The fourth-order valence-electron chi connectivity index (χ4n) is 2.34. The third kappa shape index (κ3) is 3.33. The summed E-state index contributed by atoms with van der Waals surface area (Å²) >= 11 is 0. The van der Waals surface area contributed by atoms with Gasteiger partial charge in [0, 0.05) is 7.11 Å². The number of benzene rings is 1. The van der Waals surface area contributed by atoms with Crippen molar-refractivity contribution < 1.29 is 14.3 Å². The quantitative estimate of drug-likeness (QED) is 0.609. The van der Waals surface area contributed by atoms with Crippen LogP contribution in [0.4, 0.5) is 0 Å². The van der Waals surface area contributed by atoms with Gasteiger partial charge in [0.05, 0.1) is 12.0 Å². The van der Waals surface area contributed by atoms with Crippen molar-refractivity contribution in [2.24, 2.45) is 5.92 Å². The molecule has 3 nitrogen and oxygen atoms in total. The third-order valence-corrected chi connectivity index (χ3v) is 3.58. The van der Waals surface area contributed by atoms with E-state index in [2.05, 4.69) is 0 Å². The molecule has 18 heavy (non-hydrogen) atoms. The summed E-state index contributed by atoms with van der Waals surface area (Å²) in [7, 11) is 1.73. The van der Waals surface area contributed by atoms with Crippen molar-refractivity contribution >= 4 is 5.97 Å². The van der Waals surface area contributed by atoms with E-state index in [-0.39, 0.29) is 11.9 Å². The first kappa shape index (κ1) is 13.1. The van der Waals surface area contributed by atoms with E-state index in [0.29, 0.717) is 11.9 Å². The molecular formula is C15H20O3. The third-order valence-electron chi connectivity index (χ3n) is 3.58. The van der Waals surface area contributed by atoms with Gasteiger partial charge in [0.25, 0.3) is 0 Å². The highest BCUT2D eigenvalue weighted by molar-refractivity contribution is 5.75. The highest BCUT2D eigenvalue weighted by Gasteiger charge is 2.27. The van der Waals surface area contributed by atoms with Crippen molar-refractivity contribution in [3.63, 3.8) is 0 Å². The summed E-state index contributed by atoms with van der Waals surface area (Å²) in [6, 6.07) is 7.58. The first-order valence-electron chi connectivity index (χ1n) is 6.50. The summed E-state index contributed by atoms with van der Waals surface area (Å²) in [4.78, 5) is 12.0. The predicted octanol–water partition coefficient (Wildman–Crippen LogP) is 3.11. The molecule has 1 fully saturated rings. The fraction of sp³-hybridized carbons (Fsp3) is 0.533. The number of carbonyl (C=O) groups excluding carboxylic acids is 1. The van der Waals surface area contributed by atoms with Crippen LogP contribution in [0.15, 0.2) is 24.3 Å². The Morgan fingerprint density at radius 2 is 1.72 bits per heavy atom. The Morgan fingerprint density at radius 1 is 1.11 bits per heavy atom. The Hall–Kier alpha value is -1.35. The first-order chi connectivity index (χ1) is 8.69. The van der Waals surface area contributed by atoms with Crippen LogP contribution in [0.5, 0.6) is 5.75 Å². The first-order valence-corrected chi connectivity index (χ1v) is 6.50. The molecule has 1 saturated carbocycles. The van der Waals surface area contributed by atoms with Crippen LogP contribution in [-0.4, -0.2) is 19.2 Å². The van der Waals surface area contributed by atoms with Crippen molar-refractivity contribution in [2.75, 3.05) is 7.11 Å². The van der Waals surface area contributed by atoms with Crippen molar-refractivity contribution in [1.29, 1.82) is 0 Å². The van der Waals surface area contributed by atoms with E-state index in [9.17, 15) is 4.79 Å². The van der Waals surface area contributed by atoms with Crippen molar-refractivity contribution in [3.8, 4) is 5.75 Å². The summed E-state index contributed by atoms with van der Waals surface area (Å²) < 4.78 is 10.7. The lowest BCUT2D eigenvalue weighted by molar-refractivity contribution is -0.140. The van der Waals surface area contributed by atoms with Gasteiger partial charge in [0.2, 0.25) is 0 Å². The molecular weight excluding hydrogens is 228 g/mol. The van der Waals surface area contributed by atoms with Gasteiger partial charge in [0.15, 0.2) is 0 Å². The van der Waals surface area contributed by atoms with E-state index in [0.717, 1.165) is 31.2 Å². The van der Waals surface area contributed by atoms with E-state index >= 15 is 0 Å². The zero-order chi connectivity index (χ0) is 13.0. The van der Waals surface area contributed by atoms with Crippen LogP contribution < -0.4 is 4.74 Å². The second-order valence-corrected chi connectivity index (χ2v) is 4.94. The minimum absolute atomic E-state index is 0.0257. The molecule has 0 saturated heterocycles. The standard InChI is InChI=1S/C15H20O3/c1-11-3-7-14(8-4-11)18-15(16)12-5-9-13(17-2)10-6-12/h3-4,7-8,12-13H,5-6,9-10H2,1-2H3. The second-order valence-electron chi connectivity index (χ2n) is 4.94. The number of ether oxygens (including phenoxy) is 2. The van der Waals surface area contributed by atoms with E-state index < -0.39 is 0 Å². The van der Waals surface area contributed by atoms with Crippen LogP contribution in [0, 0.1) is 12.8 Å². The molecule has 0 bridgehead atoms. The van der Waals surface area contributed by atoms with Gasteiger partial charge in [-0.25, -0.2) is 0 Å². The Morgan fingerprint density at radius 3 is 2.28 bits per heavy atom. The molecule has 0 heterocycles. The van der Waals surface area contributed by atoms with E-state index in [1.54, 1.807) is 7.11 Å². The van der Waals surface area contributed by atoms with Gasteiger partial charge in [-0.2, -0.15) is 0 Å². The maximum absolute atomic E-state index is 12.0. The van der Waals surface area contributed by atoms with Crippen LogP contribution in [0.1, 0.15) is 31.2 Å². The van der Waals surface area contributed by atoms with Crippen LogP contribution in [0.3, 0.4) is 0 Å². The molecule has 0 amide bonds. The van der Waals surface area contributed by atoms with Gasteiger partial charge in [-0.15, -0.1) is 0 Å². The lowest BCUT2D eigenvalue weighted by Crippen LogP contribution is -2.28. The predicted molar refractivity (Wildman–Crippen MR) is 69.6 cm³/mol.